The van der Waals surface area contributed by atoms with Crippen LogP contribution >= 0.6 is 7.14 Å². The van der Waals surface area contributed by atoms with Crippen molar-refractivity contribution < 1.29 is 4.57 Å². The van der Waals surface area contributed by atoms with E-state index < -0.39 is 7.14 Å². The van der Waals surface area contributed by atoms with Crippen LogP contribution in [0.2, 0.25) is 0 Å². The molecule has 0 spiro atoms. The first-order chi connectivity index (χ1) is 6.60. The average Bonchev–Trinajstić information content (AvgIpc) is 2.22. The summed E-state index contributed by atoms with van der Waals surface area (Å²) < 4.78 is 12.3. The van der Waals surface area contributed by atoms with Crippen LogP contribution in [0.25, 0.3) is 0 Å². The summed E-state index contributed by atoms with van der Waals surface area (Å²) in [5.74, 6) is 0. The number of rotatable bonds is 8. The Labute approximate surface area is 90.0 Å². The maximum Gasteiger partial charge on any atom is 0.0898 e. The van der Waals surface area contributed by atoms with E-state index >= 15 is 0 Å². The van der Waals surface area contributed by atoms with E-state index in [1.807, 2.05) is 0 Å². The van der Waals surface area contributed by atoms with Gasteiger partial charge in [0.1, 0.15) is 0 Å². The van der Waals surface area contributed by atoms with Gasteiger partial charge in [-0.3, -0.25) is 0 Å². The fourth-order valence-corrected chi connectivity index (χ4v) is 4.30. The quantitative estimate of drug-likeness (QED) is 0.424. The Balaban J connectivity index is 3.82. The first-order valence-corrected chi connectivity index (χ1v) is 8.33. The van der Waals surface area contributed by atoms with Gasteiger partial charge in [0.15, 0.2) is 0 Å². The van der Waals surface area contributed by atoms with Crippen molar-refractivity contribution in [2.24, 2.45) is 0 Å². The Bertz CT molecular complexity index is 169. The molecule has 0 fully saturated rings. The Morgan fingerprint density at radius 2 is 1.57 bits per heavy atom. The van der Waals surface area contributed by atoms with Crippen molar-refractivity contribution in [3.63, 3.8) is 0 Å². The van der Waals surface area contributed by atoms with Gasteiger partial charge in [0, 0.05) is 5.66 Å². The molecule has 0 saturated heterocycles. The summed E-state index contributed by atoms with van der Waals surface area (Å²) in [6.07, 6.45) is 8.13. The third kappa shape index (κ3) is 4.64. The van der Waals surface area contributed by atoms with Crippen molar-refractivity contribution in [2.45, 2.75) is 65.5 Å². The highest BCUT2D eigenvalue weighted by atomic mass is 31.2. The first kappa shape index (κ1) is 14.2. The van der Waals surface area contributed by atoms with Crippen LogP contribution in [0.5, 0.6) is 0 Å². The van der Waals surface area contributed by atoms with E-state index in [9.17, 15) is 4.57 Å². The molecule has 86 valence electrons. The minimum absolute atomic E-state index is 0.453. The molecule has 0 aromatic heterocycles. The molecule has 0 rings (SSSR count). The normalized spacial score (nSPS) is 14.3. The van der Waals surface area contributed by atoms with E-state index in [1.165, 1.54) is 32.1 Å². The monoisotopic (exact) mass is 218 g/mol. The van der Waals surface area contributed by atoms with E-state index in [2.05, 4.69) is 27.7 Å². The molecule has 0 amide bonds. The summed E-state index contributed by atoms with van der Waals surface area (Å²) in [5, 5.41) is 0. The SMILES string of the molecule is CCCCCC[C@@H](C)P(=O)(CC)CC. The smallest absolute Gasteiger partial charge is 0.0898 e. The van der Waals surface area contributed by atoms with Crippen molar-refractivity contribution in [3.8, 4) is 0 Å². The first-order valence-electron chi connectivity index (χ1n) is 6.18. The van der Waals surface area contributed by atoms with E-state index in [1.54, 1.807) is 0 Å². The lowest BCUT2D eigenvalue weighted by Gasteiger charge is -2.22. The molecule has 0 N–H and O–H groups in total. The third-order valence-corrected chi connectivity index (χ3v) is 7.36. The summed E-state index contributed by atoms with van der Waals surface area (Å²) in [7, 11) is -1.82. The molecule has 0 heterocycles. The van der Waals surface area contributed by atoms with Gasteiger partial charge in [-0.2, -0.15) is 0 Å². The molecule has 0 saturated carbocycles. The highest BCUT2D eigenvalue weighted by Gasteiger charge is 2.24. The van der Waals surface area contributed by atoms with Gasteiger partial charge in [0.05, 0.1) is 7.14 Å². The second-order valence-electron chi connectivity index (χ2n) is 4.28. The Morgan fingerprint density at radius 1 is 1.00 bits per heavy atom. The molecule has 0 aliphatic carbocycles. The molecule has 14 heavy (non-hydrogen) atoms. The van der Waals surface area contributed by atoms with E-state index in [0.717, 1.165) is 12.3 Å². The molecule has 0 aromatic carbocycles. The summed E-state index contributed by atoms with van der Waals surface area (Å²) in [5.41, 5.74) is 0.453. The molecule has 0 aromatic rings. The van der Waals surface area contributed by atoms with Crippen molar-refractivity contribution in [3.05, 3.63) is 0 Å². The van der Waals surface area contributed by atoms with Crippen LogP contribution in [-0.4, -0.2) is 18.0 Å². The maximum atomic E-state index is 12.3. The second-order valence-corrected chi connectivity index (χ2v) is 8.33. The molecule has 0 unspecified atom stereocenters. The van der Waals surface area contributed by atoms with Gasteiger partial charge in [0.25, 0.3) is 0 Å². The predicted octanol–water partition coefficient (Wildman–Crippen LogP) is 4.75. The van der Waals surface area contributed by atoms with Crippen LogP contribution in [0.4, 0.5) is 0 Å². The molecular weight excluding hydrogens is 191 g/mol. The molecule has 2 heteroatoms. The molecule has 1 nitrogen and oxygen atoms in total. The molecule has 0 aliphatic heterocycles. The third-order valence-electron chi connectivity index (χ3n) is 3.35. The van der Waals surface area contributed by atoms with E-state index in [0.29, 0.717) is 5.66 Å². The van der Waals surface area contributed by atoms with Gasteiger partial charge >= 0.3 is 0 Å². The Morgan fingerprint density at radius 3 is 2.00 bits per heavy atom. The fraction of sp³-hybridized carbons (Fsp3) is 1.00. The highest BCUT2D eigenvalue weighted by Crippen LogP contribution is 2.51. The summed E-state index contributed by atoms with van der Waals surface area (Å²) in [6.45, 7) is 8.56. The van der Waals surface area contributed by atoms with Gasteiger partial charge in [0.2, 0.25) is 0 Å². The Hall–Kier alpha value is 0.230. The van der Waals surface area contributed by atoms with Gasteiger partial charge in [-0.25, -0.2) is 0 Å². The molecule has 0 radical (unpaired) electrons. The van der Waals surface area contributed by atoms with Gasteiger partial charge in [-0.15, -0.1) is 0 Å². The zero-order valence-corrected chi connectivity index (χ0v) is 11.3. The largest absolute Gasteiger partial charge is 0.323 e. The van der Waals surface area contributed by atoms with E-state index in [-0.39, 0.29) is 0 Å². The van der Waals surface area contributed by atoms with Gasteiger partial charge < -0.3 is 4.57 Å². The number of unbranched alkanes of at least 4 members (excludes halogenated alkanes) is 3. The number of hydrogen-bond donors (Lipinski definition) is 0. The minimum Gasteiger partial charge on any atom is -0.323 e. The summed E-state index contributed by atoms with van der Waals surface area (Å²) in [6, 6.07) is 0. The van der Waals surface area contributed by atoms with Crippen LogP contribution in [0.3, 0.4) is 0 Å². The second kappa shape index (κ2) is 7.51. The molecule has 0 bridgehead atoms. The molecular formula is C12H27OP. The van der Waals surface area contributed by atoms with Crippen LogP contribution in [0, 0.1) is 0 Å². The molecule has 0 aliphatic rings. The zero-order valence-electron chi connectivity index (χ0n) is 10.4. The van der Waals surface area contributed by atoms with Crippen LogP contribution in [0.1, 0.15) is 59.8 Å². The average molecular weight is 218 g/mol. The zero-order chi connectivity index (χ0) is 11.0. The molecule has 1 atom stereocenters. The van der Waals surface area contributed by atoms with Gasteiger partial charge in [-0.05, 0) is 18.7 Å². The Kier molecular flexibility index (Phi) is 7.64. The summed E-state index contributed by atoms with van der Waals surface area (Å²) in [4.78, 5) is 0. The predicted molar refractivity (Wildman–Crippen MR) is 66.9 cm³/mol. The van der Waals surface area contributed by atoms with Crippen molar-refractivity contribution in [1.82, 2.24) is 0 Å². The fourth-order valence-electron chi connectivity index (χ4n) is 1.95. The lowest BCUT2D eigenvalue weighted by Crippen LogP contribution is -2.07. The van der Waals surface area contributed by atoms with Crippen molar-refractivity contribution in [1.29, 1.82) is 0 Å². The van der Waals surface area contributed by atoms with Crippen LogP contribution in [0.15, 0.2) is 0 Å². The van der Waals surface area contributed by atoms with Crippen molar-refractivity contribution >= 4 is 7.14 Å². The van der Waals surface area contributed by atoms with Crippen LogP contribution < -0.4 is 0 Å². The standard InChI is InChI=1S/C12H27OP/c1-5-8-9-10-11-12(4)14(13,6-2)7-3/h12H,5-11H2,1-4H3/t12-/m1/s1. The lowest BCUT2D eigenvalue weighted by molar-refractivity contribution is 0.553. The topological polar surface area (TPSA) is 17.1 Å². The highest BCUT2D eigenvalue weighted by molar-refractivity contribution is 7.64. The number of hydrogen-bond acceptors (Lipinski definition) is 1. The lowest BCUT2D eigenvalue weighted by atomic mass is 10.1. The summed E-state index contributed by atoms with van der Waals surface area (Å²) >= 11 is 0. The minimum atomic E-state index is -1.82. The van der Waals surface area contributed by atoms with Crippen molar-refractivity contribution in [2.75, 3.05) is 12.3 Å². The maximum absolute atomic E-state index is 12.3. The van der Waals surface area contributed by atoms with Crippen LogP contribution in [-0.2, 0) is 4.57 Å². The van der Waals surface area contributed by atoms with Gasteiger partial charge in [-0.1, -0.05) is 53.4 Å². The van der Waals surface area contributed by atoms with E-state index in [4.69, 9.17) is 0 Å².